The van der Waals surface area contributed by atoms with E-state index in [-0.39, 0.29) is 5.92 Å². The summed E-state index contributed by atoms with van der Waals surface area (Å²) in [5.41, 5.74) is 0. The molecule has 16 heavy (non-hydrogen) atoms. The minimum atomic E-state index is 0.239. The van der Waals surface area contributed by atoms with E-state index in [0.29, 0.717) is 18.0 Å². The molecule has 2 saturated heterocycles. The Morgan fingerprint density at radius 2 is 2.31 bits per heavy atom. The van der Waals surface area contributed by atoms with Gasteiger partial charge in [0.1, 0.15) is 0 Å². The van der Waals surface area contributed by atoms with E-state index in [1.54, 1.807) is 0 Å². The van der Waals surface area contributed by atoms with Crippen molar-refractivity contribution < 1.29 is 4.79 Å². The lowest BCUT2D eigenvalue weighted by Crippen LogP contribution is -2.46. The number of piperidine rings is 1. The summed E-state index contributed by atoms with van der Waals surface area (Å²) >= 11 is 1.97. The molecule has 0 bridgehead atoms. The van der Waals surface area contributed by atoms with Crippen LogP contribution in [0.1, 0.15) is 32.6 Å². The highest BCUT2D eigenvalue weighted by Crippen LogP contribution is 2.20. The molecular weight excluding hydrogens is 220 g/mol. The predicted octanol–water partition coefficient (Wildman–Crippen LogP) is 1.39. The summed E-state index contributed by atoms with van der Waals surface area (Å²) in [6.07, 6.45) is 4.40. The molecule has 0 aromatic carbocycles. The van der Waals surface area contributed by atoms with Crippen LogP contribution in [-0.2, 0) is 4.79 Å². The van der Waals surface area contributed by atoms with Crippen molar-refractivity contribution in [3.05, 3.63) is 0 Å². The van der Waals surface area contributed by atoms with Gasteiger partial charge in [-0.25, -0.2) is 0 Å². The molecule has 2 rings (SSSR count). The van der Waals surface area contributed by atoms with Crippen molar-refractivity contribution in [3.63, 3.8) is 0 Å². The molecule has 0 aliphatic carbocycles. The van der Waals surface area contributed by atoms with Crippen molar-refractivity contribution in [2.75, 3.05) is 18.1 Å². The van der Waals surface area contributed by atoms with Crippen LogP contribution in [0.15, 0.2) is 0 Å². The number of carbonyl (C=O) groups is 1. The minimum Gasteiger partial charge on any atom is -0.352 e. The topological polar surface area (TPSA) is 41.1 Å². The molecule has 2 aliphatic heterocycles. The molecule has 3 nitrogen and oxygen atoms in total. The maximum absolute atomic E-state index is 12.1. The van der Waals surface area contributed by atoms with Gasteiger partial charge in [0, 0.05) is 23.8 Å². The van der Waals surface area contributed by atoms with Gasteiger partial charge in [-0.05, 0) is 44.9 Å². The first-order chi connectivity index (χ1) is 7.75. The summed E-state index contributed by atoms with van der Waals surface area (Å²) in [5.74, 6) is 2.90. The maximum Gasteiger partial charge on any atom is 0.223 e. The van der Waals surface area contributed by atoms with Crippen LogP contribution in [0, 0.1) is 5.92 Å². The highest BCUT2D eigenvalue weighted by atomic mass is 32.2. The fourth-order valence-electron chi connectivity index (χ4n) is 2.54. The number of hydrogen-bond acceptors (Lipinski definition) is 3. The first-order valence-electron chi connectivity index (χ1n) is 6.37. The molecule has 4 heteroatoms. The first kappa shape index (κ1) is 12.2. The second kappa shape index (κ2) is 5.92. The van der Waals surface area contributed by atoms with Crippen LogP contribution in [-0.4, -0.2) is 36.0 Å². The Balaban J connectivity index is 1.77. The van der Waals surface area contributed by atoms with Crippen molar-refractivity contribution in [1.82, 2.24) is 10.6 Å². The van der Waals surface area contributed by atoms with Gasteiger partial charge >= 0.3 is 0 Å². The van der Waals surface area contributed by atoms with Crippen molar-refractivity contribution in [2.45, 2.75) is 44.7 Å². The Kier molecular flexibility index (Phi) is 4.53. The second-order valence-electron chi connectivity index (χ2n) is 5.00. The number of rotatable bonds is 2. The first-order valence-corrected chi connectivity index (χ1v) is 7.52. The van der Waals surface area contributed by atoms with Gasteiger partial charge in [-0.15, -0.1) is 0 Å². The van der Waals surface area contributed by atoms with Crippen molar-refractivity contribution in [2.24, 2.45) is 5.92 Å². The molecule has 2 N–H and O–H groups in total. The fraction of sp³-hybridized carbons (Fsp3) is 0.917. The minimum absolute atomic E-state index is 0.239. The zero-order valence-corrected chi connectivity index (χ0v) is 10.8. The van der Waals surface area contributed by atoms with Gasteiger partial charge in [0.25, 0.3) is 0 Å². The van der Waals surface area contributed by atoms with Gasteiger partial charge in [-0.3, -0.25) is 4.79 Å². The summed E-state index contributed by atoms with van der Waals surface area (Å²) in [5, 5.41) is 6.61. The van der Waals surface area contributed by atoms with Gasteiger partial charge in [-0.2, -0.15) is 11.8 Å². The van der Waals surface area contributed by atoms with Gasteiger partial charge in [0.15, 0.2) is 0 Å². The van der Waals surface area contributed by atoms with Crippen LogP contribution < -0.4 is 10.6 Å². The van der Waals surface area contributed by atoms with Crippen LogP contribution >= 0.6 is 11.8 Å². The number of thioether (sulfide) groups is 1. The molecular formula is C12H22N2OS. The third-order valence-corrected chi connectivity index (χ3v) is 4.72. The maximum atomic E-state index is 12.1. The summed E-state index contributed by atoms with van der Waals surface area (Å²) < 4.78 is 0. The predicted molar refractivity (Wildman–Crippen MR) is 68.7 cm³/mol. The van der Waals surface area contributed by atoms with Crippen LogP contribution in [0.3, 0.4) is 0 Å². The largest absolute Gasteiger partial charge is 0.352 e. The van der Waals surface area contributed by atoms with Crippen LogP contribution in [0.4, 0.5) is 0 Å². The monoisotopic (exact) mass is 242 g/mol. The van der Waals surface area contributed by atoms with Crippen LogP contribution in [0.5, 0.6) is 0 Å². The normalized spacial score (nSPS) is 35.7. The van der Waals surface area contributed by atoms with E-state index in [2.05, 4.69) is 17.6 Å². The molecule has 0 radical (unpaired) electrons. The summed E-state index contributed by atoms with van der Waals surface area (Å²) in [7, 11) is 0. The van der Waals surface area contributed by atoms with E-state index in [0.717, 1.165) is 25.1 Å². The highest BCUT2D eigenvalue weighted by molar-refractivity contribution is 7.99. The molecule has 2 aliphatic rings. The van der Waals surface area contributed by atoms with Gasteiger partial charge < -0.3 is 10.6 Å². The fourth-order valence-corrected chi connectivity index (χ4v) is 3.62. The number of carbonyl (C=O) groups excluding carboxylic acids is 1. The molecule has 2 fully saturated rings. The lowest BCUT2D eigenvalue weighted by Gasteiger charge is -2.30. The zero-order chi connectivity index (χ0) is 11.4. The van der Waals surface area contributed by atoms with Crippen LogP contribution in [0.2, 0.25) is 0 Å². The van der Waals surface area contributed by atoms with Crippen molar-refractivity contribution in [1.29, 1.82) is 0 Å². The summed E-state index contributed by atoms with van der Waals surface area (Å²) in [4.78, 5) is 12.1. The Morgan fingerprint density at radius 1 is 1.44 bits per heavy atom. The standard InChI is InChI=1S/C12H22N2OS/c1-9-7-10(4-5-13-9)12(15)14-11-3-2-6-16-8-11/h9-11,13H,2-8H2,1H3,(H,14,15). The third-order valence-electron chi connectivity index (χ3n) is 3.50. The van der Waals surface area contributed by atoms with Gasteiger partial charge in [0.2, 0.25) is 5.91 Å². The molecule has 0 saturated carbocycles. The van der Waals surface area contributed by atoms with Gasteiger partial charge in [0.05, 0.1) is 0 Å². The Bertz CT molecular complexity index is 241. The highest BCUT2D eigenvalue weighted by Gasteiger charge is 2.26. The number of amides is 1. The van der Waals surface area contributed by atoms with E-state index >= 15 is 0 Å². The van der Waals surface area contributed by atoms with Crippen molar-refractivity contribution in [3.8, 4) is 0 Å². The third kappa shape index (κ3) is 3.39. The average Bonchev–Trinajstić information content (AvgIpc) is 2.30. The number of nitrogens with one attached hydrogen (secondary N) is 2. The van der Waals surface area contributed by atoms with E-state index in [1.165, 1.54) is 18.6 Å². The van der Waals surface area contributed by atoms with E-state index in [9.17, 15) is 4.79 Å². The molecule has 1 amide bonds. The molecule has 3 atom stereocenters. The Morgan fingerprint density at radius 3 is 3.00 bits per heavy atom. The molecule has 2 heterocycles. The zero-order valence-electron chi connectivity index (χ0n) is 10.00. The van der Waals surface area contributed by atoms with E-state index in [1.807, 2.05) is 11.8 Å². The quantitative estimate of drug-likeness (QED) is 0.769. The smallest absolute Gasteiger partial charge is 0.223 e. The van der Waals surface area contributed by atoms with Gasteiger partial charge in [-0.1, -0.05) is 0 Å². The molecule has 0 aromatic heterocycles. The SMILES string of the molecule is CC1CC(C(=O)NC2CCCSC2)CCN1. The molecule has 3 unspecified atom stereocenters. The Hall–Kier alpha value is -0.220. The van der Waals surface area contributed by atoms with Crippen LogP contribution in [0.25, 0.3) is 0 Å². The summed E-state index contributed by atoms with van der Waals surface area (Å²) in [6.45, 7) is 3.15. The molecule has 0 spiro atoms. The Labute approximate surface area is 102 Å². The average molecular weight is 242 g/mol. The number of hydrogen-bond donors (Lipinski definition) is 2. The molecule has 92 valence electrons. The van der Waals surface area contributed by atoms with Crippen molar-refractivity contribution >= 4 is 17.7 Å². The lowest BCUT2D eigenvalue weighted by atomic mass is 9.92. The second-order valence-corrected chi connectivity index (χ2v) is 6.15. The summed E-state index contributed by atoms with van der Waals surface area (Å²) in [6, 6.07) is 0.918. The van der Waals surface area contributed by atoms with E-state index in [4.69, 9.17) is 0 Å². The van der Waals surface area contributed by atoms with E-state index < -0.39 is 0 Å². The molecule has 0 aromatic rings. The lowest BCUT2D eigenvalue weighted by molar-refractivity contribution is -0.126.